The standard InChI is InChI=1S/C10H20N2O2/c1-6-7-8(11(6)13)10(4,5)12(14)9(7,2)3/h6-8,13-14H,1-5H3. The largest absolute Gasteiger partial charge is 0.313 e. The predicted molar refractivity (Wildman–Crippen MR) is 52.1 cm³/mol. The molecule has 0 saturated carbocycles. The van der Waals surface area contributed by atoms with Crippen molar-refractivity contribution >= 4 is 0 Å². The fourth-order valence-corrected chi connectivity index (χ4v) is 3.49. The summed E-state index contributed by atoms with van der Waals surface area (Å²) >= 11 is 0. The monoisotopic (exact) mass is 200 g/mol. The van der Waals surface area contributed by atoms with Gasteiger partial charge in [-0.1, -0.05) is 0 Å². The average Bonchev–Trinajstić information content (AvgIpc) is 2.21. The van der Waals surface area contributed by atoms with E-state index < -0.39 is 0 Å². The summed E-state index contributed by atoms with van der Waals surface area (Å²) in [7, 11) is 0. The summed E-state index contributed by atoms with van der Waals surface area (Å²) in [4.78, 5) is 0. The molecule has 0 radical (unpaired) electrons. The summed E-state index contributed by atoms with van der Waals surface area (Å²) in [5, 5.41) is 22.6. The van der Waals surface area contributed by atoms with Gasteiger partial charge in [0.2, 0.25) is 0 Å². The summed E-state index contributed by atoms with van der Waals surface area (Å²) < 4.78 is 0. The molecule has 0 aromatic heterocycles. The second kappa shape index (κ2) is 2.50. The zero-order valence-electron chi connectivity index (χ0n) is 9.52. The van der Waals surface area contributed by atoms with Crippen LogP contribution >= 0.6 is 0 Å². The van der Waals surface area contributed by atoms with Crippen LogP contribution in [0.5, 0.6) is 0 Å². The van der Waals surface area contributed by atoms with E-state index in [1.165, 1.54) is 10.1 Å². The lowest BCUT2D eigenvalue weighted by Crippen LogP contribution is -2.67. The van der Waals surface area contributed by atoms with Gasteiger partial charge in [0.1, 0.15) is 0 Å². The number of nitrogens with zero attached hydrogens (tertiary/aromatic N) is 2. The van der Waals surface area contributed by atoms with Crippen LogP contribution in [0.15, 0.2) is 0 Å². The number of hydrogen-bond acceptors (Lipinski definition) is 4. The Labute approximate surface area is 85.0 Å². The Balaban J connectivity index is 2.39. The summed E-state index contributed by atoms with van der Waals surface area (Å²) in [5.41, 5.74) is -0.637. The van der Waals surface area contributed by atoms with Crippen LogP contribution in [0.4, 0.5) is 0 Å². The molecule has 3 atom stereocenters. The van der Waals surface area contributed by atoms with Crippen LogP contribution < -0.4 is 0 Å². The van der Waals surface area contributed by atoms with Crippen molar-refractivity contribution in [2.24, 2.45) is 5.92 Å². The molecule has 0 aromatic carbocycles. The van der Waals surface area contributed by atoms with Crippen molar-refractivity contribution in [2.45, 2.75) is 57.8 Å². The third kappa shape index (κ3) is 0.877. The second-order valence-electron chi connectivity index (χ2n) is 5.71. The molecule has 82 valence electrons. The molecule has 3 unspecified atom stereocenters. The van der Waals surface area contributed by atoms with E-state index in [4.69, 9.17) is 0 Å². The van der Waals surface area contributed by atoms with Crippen LogP contribution in [0.3, 0.4) is 0 Å². The summed E-state index contributed by atoms with van der Waals surface area (Å²) in [6.07, 6.45) is 0. The summed E-state index contributed by atoms with van der Waals surface area (Å²) in [5.74, 6) is 0.326. The Bertz CT molecular complexity index is 239. The SMILES string of the molecule is CC1C2C(N1O)C(C)(C)N(O)C2(C)C. The zero-order chi connectivity index (χ0) is 10.9. The van der Waals surface area contributed by atoms with E-state index in [9.17, 15) is 10.4 Å². The maximum Gasteiger partial charge on any atom is 0.0617 e. The van der Waals surface area contributed by atoms with Gasteiger partial charge < -0.3 is 10.4 Å². The maximum atomic E-state index is 10.1. The Morgan fingerprint density at radius 3 is 1.93 bits per heavy atom. The molecule has 0 bridgehead atoms. The molecule has 2 N–H and O–H groups in total. The molecule has 2 aliphatic heterocycles. The van der Waals surface area contributed by atoms with Crippen LogP contribution in [-0.4, -0.2) is 43.7 Å². The van der Waals surface area contributed by atoms with Crippen molar-refractivity contribution in [1.29, 1.82) is 0 Å². The fourth-order valence-electron chi connectivity index (χ4n) is 3.49. The molecule has 4 heteroatoms. The van der Waals surface area contributed by atoms with E-state index in [1.54, 1.807) is 0 Å². The van der Waals surface area contributed by atoms with Crippen molar-refractivity contribution in [2.75, 3.05) is 0 Å². The molecule has 0 spiro atoms. The van der Waals surface area contributed by atoms with Gasteiger partial charge in [-0.15, -0.1) is 0 Å². The summed E-state index contributed by atoms with van der Waals surface area (Å²) in [6, 6.07) is 0.170. The van der Waals surface area contributed by atoms with Crippen LogP contribution in [0.1, 0.15) is 34.6 Å². The average molecular weight is 200 g/mol. The number of hydroxylamine groups is 4. The molecule has 2 rings (SSSR count). The molecule has 2 aliphatic rings. The van der Waals surface area contributed by atoms with Gasteiger partial charge in [-0.25, -0.2) is 0 Å². The molecule has 4 nitrogen and oxygen atoms in total. The summed E-state index contributed by atoms with van der Waals surface area (Å²) in [6.45, 7) is 9.99. The second-order valence-corrected chi connectivity index (χ2v) is 5.71. The molecular formula is C10H20N2O2. The number of rotatable bonds is 0. The van der Waals surface area contributed by atoms with E-state index in [-0.39, 0.29) is 23.2 Å². The molecule has 2 fully saturated rings. The lowest BCUT2D eigenvalue weighted by molar-refractivity contribution is -0.261. The smallest absolute Gasteiger partial charge is 0.0617 e. The molecule has 14 heavy (non-hydrogen) atoms. The Morgan fingerprint density at radius 1 is 1.00 bits per heavy atom. The van der Waals surface area contributed by atoms with Gasteiger partial charge >= 0.3 is 0 Å². The Kier molecular flexibility index (Phi) is 1.85. The van der Waals surface area contributed by atoms with Crippen LogP contribution in [0, 0.1) is 5.92 Å². The van der Waals surface area contributed by atoms with Crippen molar-refractivity contribution in [3.8, 4) is 0 Å². The first kappa shape index (κ1) is 10.4. The third-order valence-corrected chi connectivity index (χ3v) is 4.19. The normalized spacial score (nSPS) is 46.1. The zero-order valence-corrected chi connectivity index (χ0v) is 9.52. The van der Waals surface area contributed by atoms with E-state index in [0.29, 0.717) is 5.92 Å². The highest BCUT2D eigenvalue weighted by atomic mass is 16.5. The van der Waals surface area contributed by atoms with E-state index in [2.05, 4.69) is 0 Å². The van der Waals surface area contributed by atoms with Crippen molar-refractivity contribution in [1.82, 2.24) is 10.1 Å². The van der Waals surface area contributed by atoms with Crippen LogP contribution in [-0.2, 0) is 0 Å². The fraction of sp³-hybridized carbons (Fsp3) is 1.00. The first-order valence-electron chi connectivity index (χ1n) is 5.18. The van der Waals surface area contributed by atoms with Gasteiger partial charge in [0.15, 0.2) is 0 Å². The molecule has 2 saturated heterocycles. The van der Waals surface area contributed by atoms with Gasteiger partial charge in [0, 0.05) is 17.5 Å². The topological polar surface area (TPSA) is 46.9 Å². The third-order valence-electron chi connectivity index (χ3n) is 4.19. The van der Waals surface area contributed by atoms with Gasteiger partial charge in [0.25, 0.3) is 0 Å². The number of hydrogen-bond donors (Lipinski definition) is 2. The van der Waals surface area contributed by atoms with Crippen molar-refractivity contribution in [3.63, 3.8) is 0 Å². The first-order valence-corrected chi connectivity index (χ1v) is 5.18. The van der Waals surface area contributed by atoms with Crippen LogP contribution in [0.2, 0.25) is 0 Å². The molecule has 0 amide bonds. The molecule has 0 aliphatic carbocycles. The maximum absolute atomic E-state index is 10.1. The van der Waals surface area contributed by atoms with Crippen molar-refractivity contribution < 1.29 is 10.4 Å². The van der Waals surface area contributed by atoms with E-state index >= 15 is 0 Å². The van der Waals surface area contributed by atoms with E-state index in [0.717, 1.165) is 0 Å². The predicted octanol–water partition coefficient (Wildman–Crippen LogP) is 1.33. The van der Waals surface area contributed by atoms with Crippen molar-refractivity contribution in [3.05, 3.63) is 0 Å². The van der Waals surface area contributed by atoms with Gasteiger partial charge in [-0.2, -0.15) is 10.1 Å². The minimum absolute atomic E-state index is 0.0394. The van der Waals surface area contributed by atoms with Crippen LogP contribution in [0.25, 0.3) is 0 Å². The van der Waals surface area contributed by atoms with Gasteiger partial charge in [-0.3, -0.25) is 0 Å². The Hall–Kier alpha value is -0.160. The molecule has 2 heterocycles. The highest BCUT2D eigenvalue weighted by Crippen LogP contribution is 2.54. The minimum atomic E-state index is -0.380. The van der Waals surface area contributed by atoms with Gasteiger partial charge in [0.05, 0.1) is 11.6 Å². The first-order chi connectivity index (χ1) is 6.22. The highest BCUT2D eigenvalue weighted by Gasteiger charge is 2.68. The Morgan fingerprint density at radius 2 is 1.50 bits per heavy atom. The lowest BCUT2D eigenvalue weighted by Gasteiger charge is -2.52. The quantitative estimate of drug-likeness (QED) is 0.619. The van der Waals surface area contributed by atoms with E-state index in [1.807, 2.05) is 34.6 Å². The molecule has 0 aromatic rings. The van der Waals surface area contributed by atoms with Gasteiger partial charge in [-0.05, 0) is 34.6 Å². The highest BCUT2D eigenvalue weighted by molar-refractivity contribution is 5.19. The minimum Gasteiger partial charge on any atom is -0.313 e. The number of fused-ring (bicyclic) bond motifs is 1. The lowest BCUT2D eigenvalue weighted by atomic mass is 9.71. The molecular weight excluding hydrogens is 180 g/mol.